The van der Waals surface area contributed by atoms with Crippen molar-refractivity contribution in [2.75, 3.05) is 20.1 Å². The van der Waals surface area contributed by atoms with Gasteiger partial charge in [0.1, 0.15) is 5.82 Å². The molecular weight excluding hydrogens is 254 g/mol. The molecule has 1 fully saturated rings. The Kier molecular flexibility index (Phi) is 3.78. The van der Waals surface area contributed by atoms with Gasteiger partial charge < -0.3 is 14.6 Å². The number of carboxylic acid groups (broad SMARTS) is 1. The average molecular weight is 277 g/mol. The number of imidazole rings is 1. The monoisotopic (exact) mass is 277 g/mol. The van der Waals surface area contributed by atoms with Crippen LogP contribution in [-0.2, 0) is 17.8 Å². The summed E-state index contributed by atoms with van der Waals surface area (Å²) >= 11 is 0. The van der Waals surface area contributed by atoms with Crippen LogP contribution in [0.4, 0.5) is 0 Å². The molecule has 0 amide bonds. The average Bonchev–Trinajstić information content (AvgIpc) is 2.82. The summed E-state index contributed by atoms with van der Waals surface area (Å²) in [6.07, 6.45) is 6.97. The van der Waals surface area contributed by atoms with Gasteiger partial charge in [-0.2, -0.15) is 0 Å². The Bertz CT molecular complexity index is 497. The van der Waals surface area contributed by atoms with Gasteiger partial charge in [-0.05, 0) is 45.2 Å². The number of fused-ring (bicyclic) bond motifs is 1. The molecular formula is C15H23N3O2. The normalized spacial score (nSPS) is 27.2. The van der Waals surface area contributed by atoms with Crippen LogP contribution in [0.15, 0.2) is 6.20 Å². The number of carboxylic acids is 1. The Morgan fingerprint density at radius 1 is 1.40 bits per heavy atom. The van der Waals surface area contributed by atoms with Gasteiger partial charge in [0, 0.05) is 25.7 Å². The van der Waals surface area contributed by atoms with Crippen LogP contribution in [0.2, 0.25) is 0 Å². The number of hydrogen-bond acceptors (Lipinski definition) is 3. The number of aromatic nitrogens is 2. The molecule has 2 aliphatic rings. The lowest BCUT2D eigenvalue weighted by molar-refractivity contribution is -0.139. The van der Waals surface area contributed by atoms with Gasteiger partial charge in [0.15, 0.2) is 0 Å². The summed E-state index contributed by atoms with van der Waals surface area (Å²) in [6.45, 7) is 3.25. The van der Waals surface area contributed by atoms with Crippen molar-refractivity contribution < 1.29 is 9.90 Å². The van der Waals surface area contributed by atoms with E-state index < -0.39 is 5.97 Å². The summed E-state index contributed by atoms with van der Waals surface area (Å²) in [6, 6.07) is 0. The largest absolute Gasteiger partial charge is 0.481 e. The Labute approximate surface area is 119 Å². The Morgan fingerprint density at radius 2 is 2.20 bits per heavy atom. The molecule has 1 saturated heterocycles. The van der Waals surface area contributed by atoms with Crippen LogP contribution in [0.1, 0.15) is 43.1 Å². The van der Waals surface area contributed by atoms with Crippen molar-refractivity contribution in [1.29, 1.82) is 0 Å². The molecule has 1 aromatic rings. The molecule has 3 heterocycles. The van der Waals surface area contributed by atoms with E-state index in [9.17, 15) is 9.90 Å². The predicted molar refractivity (Wildman–Crippen MR) is 75.8 cm³/mol. The van der Waals surface area contributed by atoms with Crippen molar-refractivity contribution in [2.24, 2.45) is 5.92 Å². The fraction of sp³-hybridized carbons (Fsp3) is 0.733. The van der Waals surface area contributed by atoms with Gasteiger partial charge in [0.2, 0.25) is 0 Å². The van der Waals surface area contributed by atoms with Crippen molar-refractivity contribution in [3.05, 3.63) is 17.7 Å². The summed E-state index contributed by atoms with van der Waals surface area (Å²) in [5.74, 6) is 0.672. The van der Waals surface area contributed by atoms with Crippen LogP contribution >= 0.6 is 0 Å². The first-order valence-corrected chi connectivity index (χ1v) is 7.61. The molecule has 1 aromatic heterocycles. The van der Waals surface area contributed by atoms with Crippen LogP contribution in [0.3, 0.4) is 0 Å². The summed E-state index contributed by atoms with van der Waals surface area (Å²) in [5.41, 5.74) is 0.905. The van der Waals surface area contributed by atoms with E-state index in [1.165, 1.54) is 19.4 Å². The predicted octanol–water partition coefficient (Wildman–Crippen LogP) is 1.73. The van der Waals surface area contributed by atoms with Crippen LogP contribution in [0, 0.1) is 5.92 Å². The second kappa shape index (κ2) is 5.56. The molecule has 3 rings (SSSR count). The number of nitrogens with zero attached hydrogens (tertiary/aromatic N) is 3. The standard InChI is InChI=1S/C15H23N3O2/c1-17-6-2-4-11(10-17)8-14-16-9-13-12(15(19)20)5-3-7-18(13)14/h9,11-12H,2-8,10H2,1H3,(H,19,20). The van der Waals surface area contributed by atoms with Crippen LogP contribution < -0.4 is 0 Å². The summed E-state index contributed by atoms with van der Waals surface area (Å²) in [7, 11) is 2.17. The lowest BCUT2D eigenvalue weighted by Crippen LogP contribution is -2.33. The van der Waals surface area contributed by atoms with Crippen molar-refractivity contribution in [2.45, 2.75) is 44.6 Å². The molecule has 2 unspecified atom stereocenters. The quantitative estimate of drug-likeness (QED) is 0.914. The third-order valence-corrected chi connectivity index (χ3v) is 4.69. The van der Waals surface area contributed by atoms with E-state index in [1.54, 1.807) is 6.20 Å². The molecule has 0 aliphatic carbocycles. The summed E-state index contributed by atoms with van der Waals surface area (Å²) < 4.78 is 2.16. The maximum Gasteiger partial charge on any atom is 0.312 e. The van der Waals surface area contributed by atoms with Crippen LogP contribution in [-0.4, -0.2) is 45.7 Å². The Balaban J connectivity index is 1.76. The van der Waals surface area contributed by atoms with Crippen LogP contribution in [0.5, 0.6) is 0 Å². The van der Waals surface area contributed by atoms with Gasteiger partial charge >= 0.3 is 5.97 Å². The molecule has 0 saturated carbocycles. The van der Waals surface area contributed by atoms with Gasteiger partial charge in [-0.25, -0.2) is 4.98 Å². The number of likely N-dealkylation sites (tertiary alicyclic amines) is 1. The SMILES string of the molecule is CN1CCCC(Cc2ncc3n2CCCC3C(=O)O)C1. The van der Waals surface area contributed by atoms with E-state index in [4.69, 9.17) is 0 Å². The number of rotatable bonds is 3. The molecule has 20 heavy (non-hydrogen) atoms. The molecule has 0 spiro atoms. The third kappa shape index (κ3) is 2.59. The highest BCUT2D eigenvalue weighted by molar-refractivity contribution is 5.75. The van der Waals surface area contributed by atoms with E-state index in [-0.39, 0.29) is 5.92 Å². The highest BCUT2D eigenvalue weighted by Gasteiger charge is 2.29. The minimum Gasteiger partial charge on any atom is -0.481 e. The molecule has 110 valence electrons. The van der Waals surface area contributed by atoms with Crippen LogP contribution in [0.25, 0.3) is 0 Å². The molecule has 5 heteroatoms. The zero-order valence-corrected chi connectivity index (χ0v) is 12.1. The molecule has 5 nitrogen and oxygen atoms in total. The number of piperidine rings is 1. The lowest BCUT2D eigenvalue weighted by atomic mass is 9.94. The first-order valence-electron chi connectivity index (χ1n) is 7.61. The third-order valence-electron chi connectivity index (χ3n) is 4.69. The first-order chi connectivity index (χ1) is 9.65. The Morgan fingerprint density at radius 3 is 2.95 bits per heavy atom. The van der Waals surface area contributed by atoms with Crippen molar-refractivity contribution in [1.82, 2.24) is 14.5 Å². The van der Waals surface area contributed by atoms with Gasteiger partial charge in [-0.15, -0.1) is 0 Å². The molecule has 1 N–H and O–H groups in total. The van der Waals surface area contributed by atoms with E-state index in [0.29, 0.717) is 5.92 Å². The molecule has 0 bridgehead atoms. The maximum atomic E-state index is 11.3. The fourth-order valence-electron chi connectivity index (χ4n) is 3.68. The van der Waals surface area contributed by atoms with Crippen molar-refractivity contribution >= 4 is 5.97 Å². The van der Waals surface area contributed by atoms with Gasteiger partial charge in [-0.1, -0.05) is 0 Å². The van der Waals surface area contributed by atoms with E-state index in [0.717, 1.165) is 43.9 Å². The van der Waals surface area contributed by atoms with E-state index in [1.807, 2.05) is 0 Å². The fourth-order valence-corrected chi connectivity index (χ4v) is 3.68. The van der Waals surface area contributed by atoms with Gasteiger partial charge in [0.05, 0.1) is 11.6 Å². The minimum absolute atomic E-state index is 0.362. The highest BCUT2D eigenvalue weighted by atomic mass is 16.4. The first kappa shape index (κ1) is 13.6. The minimum atomic E-state index is -0.713. The second-order valence-corrected chi connectivity index (χ2v) is 6.26. The molecule has 2 atom stereocenters. The van der Waals surface area contributed by atoms with Crippen molar-refractivity contribution in [3.8, 4) is 0 Å². The summed E-state index contributed by atoms with van der Waals surface area (Å²) in [5, 5.41) is 9.30. The lowest BCUT2D eigenvalue weighted by Gasteiger charge is -2.30. The molecule has 2 aliphatic heterocycles. The molecule has 0 radical (unpaired) electrons. The summed E-state index contributed by atoms with van der Waals surface area (Å²) in [4.78, 5) is 18.2. The second-order valence-electron chi connectivity index (χ2n) is 6.26. The zero-order chi connectivity index (χ0) is 14.1. The van der Waals surface area contributed by atoms with Gasteiger partial charge in [0.25, 0.3) is 0 Å². The Hall–Kier alpha value is -1.36. The zero-order valence-electron chi connectivity index (χ0n) is 12.1. The van der Waals surface area contributed by atoms with E-state index >= 15 is 0 Å². The smallest absolute Gasteiger partial charge is 0.312 e. The number of aliphatic carboxylic acids is 1. The molecule has 0 aromatic carbocycles. The maximum absolute atomic E-state index is 11.3. The topological polar surface area (TPSA) is 58.4 Å². The highest BCUT2D eigenvalue weighted by Crippen LogP contribution is 2.30. The van der Waals surface area contributed by atoms with Gasteiger partial charge in [-0.3, -0.25) is 4.79 Å². The number of hydrogen-bond donors (Lipinski definition) is 1. The van der Waals surface area contributed by atoms with E-state index in [2.05, 4.69) is 21.5 Å². The number of carbonyl (C=O) groups is 1. The van der Waals surface area contributed by atoms with Crippen molar-refractivity contribution in [3.63, 3.8) is 0 Å².